The van der Waals surface area contributed by atoms with Crippen molar-refractivity contribution in [1.82, 2.24) is 5.32 Å². The molecule has 0 saturated carbocycles. The highest BCUT2D eigenvalue weighted by Crippen LogP contribution is 2.31. The average Bonchev–Trinajstić information content (AvgIpc) is 2.75. The Balaban J connectivity index is 1.58. The zero-order valence-electron chi connectivity index (χ0n) is 17.2. The molecule has 1 aliphatic rings. The molecule has 1 aliphatic heterocycles. The van der Waals surface area contributed by atoms with Gasteiger partial charge in [0.25, 0.3) is 0 Å². The molecular weight excluding hydrogens is 368 g/mol. The number of anilines is 1. The van der Waals surface area contributed by atoms with E-state index in [-0.39, 0.29) is 5.91 Å². The van der Waals surface area contributed by atoms with E-state index >= 15 is 0 Å². The summed E-state index contributed by atoms with van der Waals surface area (Å²) in [4.78, 5) is 12.9. The van der Waals surface area contributed by atoms with Crippen molar-refractivity contribution in [1.29, 1.82) is 0 Å². The Morgan fingerprint density at radius 1 is 0.966 bits per heavy atom. The Bertz CT molecular complexity index is 763. The molecule has 1 amide bonds. The molecular formula is C23H30N2O4. The predicted octanol–water partition coefficient (Wildman–Crippen LogP) is 3.62. The van der Waals surface area contributed by atoms with Gasteiger partial charge >= 0.3 is 0 Å². The number of benzene rings is 2. The maximum atomic E-state index is 12.9. The maximum absolute atomic E-state index is 12.9. The molecule has 0 bridgehead atoms. The fourth-order valence-electron chi connectivity index (χ4n) is 3.57. The third kappa shape index (κ3) is 5.79. The lowest BCUT2D eigenvalue weighted by atomic mass is 9.78. The zero-order valence-corrected chi connectivity index (χ0v) is 17.2. The maximum Gasteiger partial charge on any atom is 0.233 e. The number of nitrogens with one attached hydrogen (secondary N) is 2. The normalized spacial score (nSPS) is 15.7. The number of methoxy groups -OCH3 is 2. The summed E-state index contributed by atoms with van der Waals surface area (Å²) >= 11 is 0. The summed E-state index contributed by atoms with van der Waals surface area (Å²) in [5.74, 6) is 1.51. The summed E-state index contributed by atoms with van der Waals surface area (Å²) in [6.07, 6.45) is 2.42. The van der Waals surface area contributed by atoms with E-state index in [9.17, 15) is 4.79 Å². The second-order valence-electron chi connectivity index (χ2n) is 7.43. The van der Waals surface area contributed by atoms with Crippen LogP contribution in [0, 0.1) is 5.41 Å². The summed E-state index contributed by atoms with van der Waals surface area (Å²) in [5, 5.41) is 6.34. The first-order valence-corrected chi connectivity index (χ1v) is 10.0. The van der Waals surface area contributed by atoms with Crippen LogP contribution < -0.4 is 15.4 Å². The Hall–Kier alpha value is -2.41. The van der Waals surface area contributed by atoms with Crippen LogP contribution in [0.2, 0.25) is 0 Å². The van der Waals surface area contributed by atoms with Gasteiger partial charge in [-0.25, -0.2) is 0 Å². The number of rotatable bonds is 9. The summed E-state index contributed by atoms with van der Waals surface area (Å²) in [6.45, 7) is 2.79. The number of amides is 1. The van der Waals surface area contributed by atoms with E-state index in [2.05, 4.69) is 10.6 Å². The molecule has 0 radical (unpaired) electrons. The number of hydrogen-bond donors (Lipinski definition) is 2. The molecule has 29 heavy (non-hydrogen) atoms. The van der Waals surface area contributed by atoms with E-state index in [1.54, 1.807) is 14.2 Å². The third-order valence-electron chi connectivity index (χ3n) is 5.33. The molecule has 6 nitrogen and oxygen atoms in total. The van der Waals surface area contributed by atoms with Gasteiger partial charge in [-0.1, -0.05) is 12.1 Å². The van der Waals surface area contributed by atoms with E-state index < -0.39 is 5.41 Å². The molecule has 156 valence electrons. The summed E-state index contributed by atoms with van der Waals surface area (Å²) in [7, 11) is 3.35. The van der Waals surface area contributed by atoms with E-state index in [4.69, 9.17) is 14.2 Å². The van der Waals surface area contributed by atoms with Gasteiger partial charge in [-0.3, -0.25) is 4.79 Å². The molecule has 3 rings (SSSR count). The SMILES string of the molecule is COCCc1ccc(Oc2ccc(NC(=O)C3(COC)CCNCC3)cc2)cc1. The lowest BCUT2D eigenvalue weighted by molar-refractivity contribution is -0.130. The van der Waals surface area contributed by atoms with Crippen molar-refractivity contribution in [3.8, 4) is 11.5 Å². The molecule has 2 aromatic carbocycles. The van der Waals surface area contributed by atoms with Gasteiger partial charge in [0.1, 0.15) is 11.5 Å². The van der Waals surface area contributed by atoms with Gasteiger partial charge in [-0.2, -0.15) is 0 Å². The van der Waals surface area contributed by atoms with Crippen LogP contribution in [0.5, 0.6) is 11.5 Å². The van der Waals surface area contributed by atoms with Crippen LogP contribution in [-0.4, -0.2) is 46.4 Å². The van der Waals surface area contributed by atoms with Gasteiger partial charge in [0.2, 0.25) is 5.91 Å². The first kappa shape index (κ1) is 21.3. The number of piperidine rings is 1. The van der Waals surface area contributed by atoms with Gasteiger partial charge in [0.05, 0.1) is 18.6 Å². The van der Waals surface area contributed by atoms with Crippen molar-refractivity contribution in [2.24, 2.45) is 5.41 Å². The molecule has 0 atom stereocenters. The fraction of sp³-hybridized carbons (Fsp3) is 0.435. The number of ether oxygens (including phenoxy) is 3. The van der Waals surface area contributed by atoms with Gasteiger partial charge in [0, 0.05) is 19.9 Å². The minimum atomic E-state index is -0.472. The topological polar surface area (TPSA) is 68.8 Å². The minimum Gasteiger partial charge on any atom is -0.457 e. The smallest absolute Gasteiger partial charge is 0.233 e. The molecule has 2 aromatic rings. The molecule has 0 aromatic heterocycles. The standard InChI is InChI=1S/C23H30N2O4/c1-27-16-11-18-3-7-20(8-4-18)29-21-9-5-19(6-10-21)25-22(26)23(17-28-2)12-14-24-15-13-23/h3-10,24H,11-17H2,1-2H3,(H,25,26). The highest BCUT2D eigenvalue weighted by molar-refractivity contribution is 5.95. The zero-order chi connectivity index (χ0) is 20.5. The average molecular weight is 399 g/mol. The molecule has 1 heterocycles. The monoisotopic (exact) mass is 398 g/mol. The first-order valence-electron chi connectivity index (χ1n) is 10.0. The van der Waals surface area contributed by atoms with Gasteiger partial charge in [-0.15, -0.1) is 0 Å². The predicted molar refractivity (Wildman–Crippen MR) is 114 cm³/mol. The van der Waals surface area contributed by atoms with Crippen molar-refractivity contribution < 1.29 is 19.0 Å². The van der Waals surface area contributed by atoms with E-state index in [1.165, 1.54) is 5.56 Å². The number of hydrogen-bond acceptors (Lipinski definition) is 5. The van der Waals surface area contributed by atoms with Crippen LogP contribution in [0.1, 0.15) is 18.4 Å². The van der Waals surface area contributed by atoms with Crippen LogP contribution in [0.3, 0.4) is 0 Å². The first-order chi connectivity index (χ1) is 14.1. The van der Waals surface area contributed by atoms with E-state index in [0.717, 1.165) is 49.5 Å². The van der Waals surface area contributed by atoms with Crippen molar-refractivity contribution >= 4 is 11.6 Å². The second kappa shape index (κ2) is 10.4. The number of carbonyl (C=O) groups is 1. The van der Waals surface area contributed by atoms with Gasteiger partial charge in [-0.05, 0) is 74.3 Å². The quantitative estimate of drug-likeness (QED) is 0.675. The van der Waals surface area contributed by atoms with Crippen LogP contribution in [0.25, 0.3) is 0 Å². The van der Waals surface area contributed by atoms with Crippen molar-refractivity contribution in [2.75, 3.05) is 45.8 Å². The minimum absolute atomic E-state index is 0.0150. The Morgan fingerprint density at radius 3 is 2.17 bits per heavy atom. The summed E-state index contributed by atoms with van der Waals surface area (Å²) in [6, 6.07) is 15.4. The molecule has 1 saturated heterocycles. The summed E-state index contributed by atoms with van der Waals surface area (Å²) in [5.41, 5.74) is 1.49. The van der Waals surface area contributed by atoms with E-state index in [1.807, 2.05) is 48.5 Å². The Kier molecular flexibility index (Phi) is 7.63. The molecule has 0 spiro atoms. The number of carbonyl (C=O) groups excluding carboxylic acids is 1. The Morgan fingerprint density at radius 2 is 1.59 bits per heavy atom. The third-order valence-corrected chi connectivity index (χ3v) is 5.33. The molecule has 0 unspecified atom stereocenters. The van der Waals surface area contributed by atoms with Crippen LogP contribution in [0.15, 0.2) is 48.5 Å². The molecule has 1 fully saturated rings. The van der Waals surface area contributed by atoms with E-state index in [0.29, 0.717) is 13.2 Å². The van der Waals surface area contributed by atoms with Gasteiger partial charge < -0.3 is 24.8 Å². The lowest BCUT2D eigenvalue weighted by Crippen LogP contribution is -2.47. The molecule has 6 heteroatoms. The molecule has 0 aliphatic carbocycles. The lowest BCUT2D eigenvalue weighted by Gasteiger charge is -2.35. The van der Waals surface area contributed by atoms with Crippen molar-refractivity contribution in [3.05, 3.63) is 54.1 Å². The summed E-state index contributed by atoms with van der Waals surface area (Å²) < 4.78 is 16.3. The molecule has 2 N–H and O–H groups in total. The van der Waals surface area contributed by atoms with Crippen LogP contribution in [-0.2, 0) is 20.7 Å². The van der Waals surface area contributed by atoms with Gasteiger partial charge in [0.15, 0.2) is 0 Å². The fourth-order valence-corrected chi connectivity index (χ4v) is 3.57. The Labute approximate surface area is 172 Å². The van der Waals surface area contributed by atoms with Crippen LogP contribution in [0.4, 0.5) is 5.69 Å². The van der Waals surface area contributed by atoms with Crippen molar-refractivity contribution in [2.45, 2.75) is 19.3 Å². The largest absolute Gasteiger partial charge is 0.457 e. The van der Waals surface area contributed by atoms with Crippen LogP contribution >= 0.6 is 0 Å². The highest BCUT2D eigenvalue weighted by Gasteiger charge is 2.39. The second-order valence-corrected chi connectivity index (χ2v) is 7.43. The highest BCUT2D eigenvalue weighted by atomic mass is 16.5. The van der Waals surface area contributed by atoms with Crippen molar-refractivity contribution in [3.63, 3.8) is 0 Å².